The van der Waals surface area contributed by atoms with Crippen LogP contribution in [0.15, 0.2) is 108 Å². The van der Waals surface area contributed by atoms with Crippen molar-refractivity contribution in [3.8, 4) is 0 Å². The average molecular weight is 679 g/mol. The molecule has 1 fully saturated rings. The lowest BCUT2D eigenvalue weighted by atomic mass is 9.84. The van der Waals surface area contributed by atoms with Crippen molar-refractivity contribution < 1.29 is 19.1 Å². The summed E-state index contributed by atoms with van der Waals surface area (Å²) in [6, 6.07) is 31.8. The van der Waals surface area contributed by atoms with Crippen molar-refractivity contribution in [2.45, 2.75) is 41.9 Å². The fourth-order valence-corrected chi connectivity index (χ4v) is 6.87. The lowest BCUT2D eigenvalue weighted by molar-refractivity contribution is -0.118. The number of carbonyl (C=O) groups is 2. The highest BCUT2D eigenvalue weighted by atomic mass is 35.5. The lowest BCUT2D eigenvalue weighted by Crippen LogP contribution is -2.48. The van der Waals surface area contributed by atoms with E-state index in [0.717, 1.165) is 46.8 Å². The maximum Gasteiger partial charge on any atom is 0.407 e. The zero-order valence-electron chi connectivity index (χ0n) is 25.5. The number of halogens is 2. The number of aryl methyl sites for hydroxylation is 1. The Balaban J connectivity index is 1.27. The molecule has 0 radical (unpaired) electrons. The zero-order valence-corrected chi connectivity index (χ0v) is 27.8. The van der Waals surface area contributed by atoms with E-state index < -0.39 is 18.1 Å². The molecule has 240 valence electrons. The second-order valence-corrected chi connectivity index (χ2v) is 12.9. The Bertz CT molecular complexity index is 1560. The van der Waals surface area contributed by atoms with E-state index in [1.165, 1.54) is 7.11 Å². The summed E-state index contributed by atoms with van der Waals surface area (Å²) < 4.78 is 11.4. The van der Waals surface area contributed by atoms with E-state index in [0.29, 0.717) is 22.2 Å². The molecule has 2 amide bonds. The second kappa shape index (κ2) is 16.9. The third-order valence-electron chi connectivity index (χ3n) is 7.86. The molecule has 0 aromatic heterocycles. The molecule has 4 aromatic carbocycles. The van der Waals surface area contributed by atoms with E-state index in [2.05, 4.69) is 16.0 Å². The number of hydrogen-bond donors (Lipinski definition) is 3. The number of methoxy groups -OCH3 is 1. The molecule has 1 unspecified atom stereocenters. The molecule has 1 saturated heterocycles. The number of benzene rings is 4. The third-order valence-corrected chi connectivity index (χ3v) is 9.72. The molecule has 3 atom stereocenters. The minimum Gasteiger partial charge on any atom is -0.453 e. The molecule has 0 saturated carbocycles. The van der Waals surface area contributed by atoms with Crippen molar-refractivity contribution in [2.75, 3.05) is 31.3 Å². The van der Waals surface area contributed by atoms with Crippen LogP contribution in [0.4, 0.5) is 10.5 Å². The summed E-state index contributed by atoms with van der Waals surface area (Å²) in [4.78, 5) is 27.6. The Morgan fingerprint density at radius 3 is 2.22 bits per heavy atom. The molecule has 5 rings (SSSR count). The van der Waals surface area contributed by atoms with Gasteiger partial charge < -0.3 is 25.4 Å². The SMILES string of the molecule is COC(=O)NC(C(=O)Nc1ccccc1CC[C@@H]1CNC[C@@H](CSc2ccc(Cl)c(Cl)c2)O1)C(c1ccccc1)c1ccccc1. The maximum absolute atomic E-state index is 14.0. The van der Waals surface area contributed by atoms with Crippen molar-refractivity contribution in [1.29, 1.82) is 0 Å². The largest absolute Gasteiger partial charge is 0.453 e. The maximum atomic E-state index is 14.0. The summed E-state index contributed by atoms with van der Waals surface area (Å²) in [6.07, 6.45) is 0.858. The Hall–Kier alpha value is -3.53. The van der Waals surface area contributed by atoms with Gasteiger partial charge in [0.1, 0.15) is 6.04 Å². The normalized spacial score (nSPS) is 16.9. The van der Waals surface area contributed by atoms with Gasteiger partial charge in [-0.05, 0) is 53.8 Å². The van der Waals surface area contributed by atoms with Crippen LogP contribution < -0.4 is 16.0 Å². The van der Waals surface area contributed by atoms with Crippen molar-refractivity contribution in [1.82, 2.24) is 10.6 Å². The molecule has 0 aliphatic carbocycles. The third kappa shape index (κ3) is 9.27. The number of rotatable bonds is 12. The Morgan fingerprint density at radius 2 is 1.54 bits per heavy atom. The summed E-state index contributed by atoms with van der Waals surface area (Å²) in [7, 11) is 1.29. The summed E-state index contributed by atoms with van der Waals surface area (Å²) in [6.45, 7) is 1.53. The van der Waals surface area contributed by atoms with Gasteiger partial charge in [-0.2, -0.15) is 0 Å². The highest BCUT2D eigenvalue weighted by Crippen LogP contribution is 2.31. The summed E-state index contributed by atoms with van der Waals surface area (Å²) in [5, 5.41) is 10.5. The number of anilines is 1. The van der Waals surface area contributed by atoms with Crippen LogP contribution in [-0.4, -0.2) is 56.2 Å². The molecule has 46 heavy (non-hydrogen) atoms. The van der Waals surface area contributed by atoms with Gasteiger partial charge >= 0.3 is 6.09 Å². The van der Waals surface area contributed by atoms with Gasteiger partial charge in [0, 0.05) is 35.3 Å². The first-order chi connectivity index (χ1) is 22.4. The number of carbonyl (C=O) groups excluding carboxylic acids is 2. The quantitative estimate of drug-likeness (QED) is 0.134. The van der Waals surface area contributed by atoms with Crippen LogP contribution in [0.1, 0.15) is 29.0 Å². The average Bonchev–Trinajstić information content (AvgIpc) is 3.09. The molecule has 10 heteroatoms. The van der Waals surface area contributed by atoms with Crippen molar-refractivity contribution in [3.63, 3.8) is 0 Å². The molecule has 4 aromatic rings. The number of morpholine rings is 1. The van der Waals surface area contributed by atoms with Crippen molar-refractivity contribution >= 4 is 52.7 Å². The number of ether oxygens (including phenoxy) is 2. The molecule has 1 aliphatic rings. The van der Waals surface area contributed by atoms with Gasteiger partial charge in [0.15, 0.2) is 0 Å². The molecule has 1 heterocycles. The predicted molar refractivity (Wildman–Crippen MR) is 186 cm³/mol. The summed E-state index contributed by atoms with van der Waals surface area (Å²) >= 11 is 13.9. The number of hydrogen-bond acceptors (Lipinski definition) is 6. The standard InChI is InChI=1S/C36H37Cl2N3O4S/c1-44-36(43)41-34(33(25-11-4-2-5-12-25)26-13-6-3-7-14-26)35(42)40-32-15-9-8-10-24(32)16-17-27-21-39-22-28(45-27)23-46-29-18-19-30(37)31(38)20-29/h2-15,18-20,27-28,33-34,39H,16-17,21-23H2,1H3,(H,40,42)(H,41,43)/t27-,28+,34?/m1/s1. The van der Waals surface area contributed by atoms with Crippen LogP contribution in [0, 0.1) is 0 Å². The van der Waals surface area contributed by atoms with Crippen LogP contribution in [0.5, 0.6) is 0 Å². The van der Waals surface area contributed by atoms with Crippen LogP contribution in [0.3, 0.4) is 0 Å². The Kier molecular flexibility index (Phi) is 12.4. The number of amides is 2. The Morgan fingerprint density at radius 1 is 0.891 bits per heavy atom. The minimum absolute atomic E-state index is 0.0196. The van der Waals surface area contributed by atoms with E-state index in [1.54, 1.807) is 11.8 Å². The van der Waals surface area contributed by atoms with E-state index >= 15 is 0 Å². The van der Waals surface area contributed by atoms with Gasteiger partial charge in [-0.1, -0.05) is 102 Å². The number of thioether (sulfide) groups is 1. The van der Waals surface area contributed by atoms with Gasteiger partial charge in [0.2, 0.25) is 5.91 Å². The molecule has 3 N–H and O–H groups in total. The van der Waals surface area contributed by atoms with Crippen molar-refractivity contribution in [2.24, 2.45) is 0 Å². The van der Waals surface area contributed by atoms with Gasteiger partial charge in [-0.25, -0.2) is 4.79 Å². The lowest BCUT2D eigenvalue weighted by Gasteiger charge is -2.31. The number of nitrogens with one attached hydrogen (secondary N) is 3. The number of para-hydroxylation sites is 1. The topological polar surface area (TPSA) is 88.7 Å². The van der Waals surface area contributed by atoms with Gasteiger partial charge in [0.05, 0.1) is 29.4 Å². The van der Waals surface area contributed by atoms with Gasteiger partial charge in [-0.15, -0.1) is 11.8 Å². The van der Waals surface area contributed by atoms with E-state index in [4.69, 9.17) is 32.7 Å². The highest BCUT2D eigenvalue weighted by molar-refractivity contribution is 7.99. The first-order valence-corrected chi connectivity index (χ1v) is 16.9. The van der Waals surface area contributed by atoms with E-state index in [1.807, 2.05) is 103 Å². The highest BCUT2D eigenvalue weighted by Gasteiger charge is 2.33. The Labute approximate surface area is 284 Å². The predicted octanol–water partition coefficient (Wildman–Crippen LogP) is 7.57. The smallest absolute Gasteiger partial charge is 0.407 e. The van der Waals surface area contributed by atoms with Crippen LogP contribution in [0.25, 0.3) is 0 Å². The molecule has 1 aliphatic heterocycles. The van der Waals surface area contributed by atoms with Crippen LogP contribution >= 0.6 is 35.0 Å². The van der Waals surface area contributed by atoms with Crippen molar-refractivity contribution in [3.05, 3.63) is 130 Å². The first kappa shape index (κ1) is 33.8. The number of alkyl carbamates (subject to hydrolysis) is 1. The minimum atomic E-state index is -0.940. The zero-order chi connectivity index (χ0) is 32.3. The van der Waals surface area contributed by atoms with E-state index in [-0.39, 0.29) is 18.1 Å². The molecular weight excluding hydrogens is 641 g/mol. The fraction of sp³-hybridized carbons (Fsp3) is 0.278. The first-order valence-electron chi connectivity index (χ1n) is 15.2. The molecule has 0 spiro atoms. The summed E-state index contributed by atoms with van der Waals surface area (Å²) in [5.41, 5.74) is 3.47. The monoisotopic (exact) mass is 677 g/mol. The fourth-order valence-electron chi connectivity index (χ4n) is 5.57. The van der Waals surface area contributed by atoms with Gasteiger partial charge in [0.25, 0.3) is 0 Å². The molecular formula is C36H37Cl2N3O4S. The molecule has 7 nitrogen and oxygen atoms in total. The van der Waals surface area contributed by atoms with Crippen LogP contribution in [-0.2, 0) is 20.7 Å². The molecule has 0 bridgehead atoms. The van der Waals surface area contributed by atoms with E-state index in [9.17, 15) is 9.59 Å². The van der Waals surface area contributed by atoms with Crippen LogP contribution in [0.2, 0.25) is 10.0 Å². The summed E-state index contributed by atoms with van der Waals surface area (Å²) in [5.74, 6) is -0.00762. The van der Waals surface area contributed by atoms with Gasteiger partial charge in [-0.3, -0.25) is 4.79 Å². The second-order valence-electron chi connectivity index (χ2n) is 11.0.